The minimum absolute atomic E-state index is 0.00479. The van der Waals surface area contributed by atoms with Crippen molar-refractivity contribution in [1.82, 2.24) is 29.7 Å². The summed E-state index contributed by atoms with van der Waals surface area (Å²) in [6.45, 7) is 9.41. The summed E-state index contributed by atoms with van der Waals surface area (Å²) >= 11 is 0. The average Bonchev–Trinajstić information content (AvgIpc) is 3.19. The quantitative estimate of drug-likeness (QED) is 0.554. The molecule has 2 N–H and O–H groups in total. The van der Waals surface area contributed by atoms with Gasteiger partial charge in [-0.25, -0.2) is 28.7 Å². The van der Waals surface area contributed by atoms with E-state index in [9.17, 15) is 4.39 Å². The van der Waals surface area contributed by atoms with Crippen LogP contribution in [0.25, 0.3) is 22.3 Å². The number of halogens is 2. The maximum atomic E-state index is 15.6. The second-order valence-corrected chi connectivity index (χ2v) is 8.98. The Bertz CT molecular complexity index is 1410. The number of aromatic nitrogens is 4. The first kappa shape index (κ1) is 23.8. The second kappa shape index (κ2) is 9.98. The molecule has 0 amide bonds. The summed E-state index contributed by atoms with van der Waals surface area (Å²) in [6, 6.07) is 3.04. The molecule has 3 aromatic rings. The fourth-order valence-corrected chi connectivity index (χ4v) is 4.54. The van der Waals surface area contributed by atoms with Crippen LogP contribution in [0.15, 0.2) is 59.3 Å². The Balaban J connectivity index is 1.45. The minimum atomic E-state index is -0.691. The number of benzene rings is 1. The summed E-state index contributed by atoms with van der Waals surface area (Å²) in [5, 5.41) is 6.28. The zero-order chi connectivity index (χ0) is 25.2. The van der Waals surface area contributed by atoms with Crippen LogP contribution in [0.2, 0.25) is 0 Å². The molecule has 0 spiro atoms. The predicted octanol–water partition coefficient (Wildman–Crippen LogP) is 4.34. The van der Waals surface area contributed by atoms with Crippen LogP contribution in [0.4, 0.5) is 14.6 Å². The Hall–Kier alpha value is -3.92. The van der Waals surface area contributed by atoms with E-state index in [1.807, 2.05) is 43.6 Å². The van der Waals surface area contributed by atoms with E-state index in [1.165, 1.54) is 12.4 Å². The van der Waals surface area contributed by atoms with Crippen LogP contribution in [0.1, 0.15) is 25.7 Å². The molecule has 1 aromatic carbocycles. The number of rotatable bonds is 5. The van der Waals surface area contributed by atoms with E-state index in [1.54, 1.807) is 18.4 Å². The Morgan fingerprint density at radius 1 is 1.06 bits per heavy atom. The lowest BCUT2D eigenvalue weighted by Gasteiger charge is -2.30. The van der Waals surface area contributed by atoms with Gasteiger partial charge in [0.2, 0.25) is 0 Å². The average molecular weight is 491 g/mol. The number of imidazole rings is 1. The number of hydrogen-bond donors (Lipinski definition) is 2. The van der Waals surface area contributed by atoms with Crippen LogP contribution in [-0.2, 0) is 0 Å². The molecule has 2 aliphatic rings. The fourth-order valence-electron chi connectivity index (χ4n) is 4.54. The molecule has 10 heteroatoms. The highest BCUT2D eigenvalue weighted by molar-refractivity contribution is 5.83. The maximum Gasteiger partial charge on any atom is 0.192 e. The number of piperazine rings is 1. The zero-order valence-corrected chi connectivity index (χ0v) is 20.5. The first-order valence-corrected chi connectivity index (χ1v) is 12.0. The van der Waals surface area contributed by atoms with E-state index in [-0.39, 0.29) is 23.1 Å². The van der Waals surface area contributed by atoms with Gasteiger partial charge in [-0.05, 0) is 45.1 Å². The van der Waals surface area contributed by atoms with Crippen molar-refractivity contribution in [1.29, 1.82) is 0 Å². The van der Waals surface area contributed by atoms with Gasteiger partial charge < -0.3 is 20.1 Å². The normalized spacial score (nSPS) is 18.6. The van der Waals surface area contributed by atoms with E-state index in [2.05, 4.69) is 35.5 Å². The highest BCUT2D eigenvalue weighted by Gasteiger charge is 2.20. The number of anilines is 1. The Kier molecular flexibility index (Phi) is 6.60. The SMILES string of the molecule is Cc1nc2c(F)cc(-c3ncnc(NC4=C/C=C/C=C(\N5CCNCC5)C=N4)c3F)cc2n1C(C)C. The Morgan fingerprint density at radius 3 is 2.61 bits per heavy atom. The third kappa shape index (κ3) is 4.64. The predicted molar refractivity (Wildman–Crippen MR) is 138 cm³/mol. The van der Waals surface area contributed by atoms with E-state index in [4.69, 9.17) is 0 Å². The minimum Gasteiger partial charge on any atom is -0.368 e. The van der Waals surface area contributed by atoms with Gasteiger partial charge in [0.25, 0.3) is 0 Å². The number of nitrogens with one attached hydrogen (secondary N) is 2. The lowest BCUT2D eigenvalue weighted by Crippen LogP contribution is -2.43. The van der Waals surface area contributed by atoms with Gasteiger partial charge in [-0.1, -0.05) is 12.2 Å². The number of aryl methyl sites for hydroxylation is 1. The Morgan fingerprint density at radius 2 is 1.83 bits per heavy atom. The molecule has 0 unspecified atom stereocenters. The molecule has 0 radical (unpaired) electrons. The second-order valence-electron chi connectivity index (χ2n) is 8.98. The first-order valence-electron chi connectivity index (χ1n) is 12.0. The molecule has 186 valence electrons. The third-order valence-corrected chi connectivity index (χ3v) is 6.20. The van der Waals surface area contributed by atoms with Crippen molar-refractivity contribution in [2.24, 2.45) is 4.99 Å². The number of hydrogen-bond acceptors (Lipinski definition) is 7. The van der Waals surface area contributed by atoms with E-state index < -0.39 is 11.6 Å². The van der Waals surface area contributed by atoms with Gasteiger partial charge in [0.05, 0.1) is 17.4 Å². The van der Waals surface area contributed by atoms with Gasteiger partial charge in [0, 0.05) is 37.8 Å². The van der Waals surface area contributed by atoms with E-state index in [0.717, 1.165) is 31.9 Å². The lowest BCUT2D eigenvalue weighted by molar-refractivity contribution is 0.313. The van der Waals surface area contributed by atoms with Crippen LogP contribution in [0.3, 0.4) is 0 Å². The van der Waals surface area contributed by atoms with Crippen molar-refractivity contribution in [2.75, 3.05) is 31.5 Å². The molecular weight excluding hydrogens is 462 g/mol. The van der Waals surface area contributed by atoms with Gasteiger partial charge in [0.15, 0.2) is 17.5 Å². The van der Waals surface area contributed by atoms with Crippen LogP contribution >= 0.6 is 0 Å². The molecule has 8 nitrogen and oxygen atoms in total. The van der Waals surface area contributed by atoms with Crippen LogP contribution in [0.5, 0.6) is 0 Å². The van der Waals surface area contributed by atoms with Crippen molar-refractivity contribution < 1.29 is 8.78 Å². The highest BCUT2D eigenvalue weighted by atomic mass is 19.1. The number of nitrogens with zero attached hydrogens (tertiary/aromatic N) is 6. The number of fused-ring (bicyclic) bond motifs is 1. The number of aliphatic imine (C=N–C) groups is 1. The summed E-state index contributed by atoms with van der Waals surface area (Å²) in [4.78, 5) is 19.3. The molecule has 0 bridgehead atoms. The van der Waals surface area contributed by atoms with Gasteiger partial charge in [-0.3, -0.25) is 0 Å². The topological polar surface area (TPSA) is 83.3 Å². The van der Waals surface area contributed by atoms with Crippen LogP contribution in [-0.4, -0.2) is 56.8 Å². The van der Waals surface area contributed by atoms with Gasteiger partial charge in [-0.2, -0.15) is 0 Å². The van der Waals surface area contributed by atoms with Crippen LogP contribution < -0.4 is 10.6 Å². The van der Waals surface area contributed by atoms with Gasteiger partial charge in [-0.15, -0.1) is 0 Å². The molecule has 0 atom stereocenters. The highest BCUT2D eigenvalue weighted by Crippen LogP contribution is 2.31. The number of allylic oxidation sites excluding steroid dienone is 5. The molecule has 2 aromatic heterocycles. The van der Waals surface area contributed by atoms with Crippen molar-refractivity contribution in [3.05, 3.63) is 71.7 Å². The van der Waals surface area contributed by atoms with Crippen molar-refractivity contribution in [3.63, 3.8) is 0 Å². The molecule has 0 saturated carbocycles. The summed E-state index contributed by atoms with van der Waals surface area (Å²) in [5.74, 6) is -0.145. The molecule has 5 rings (SSSR count). The molecule has 2 aliphatic heterocycles. The lowest BCUT2D eigenvalue weighted by atomic mass is 10.1. The maximum absolute atomic E-state index is 15.6. The molecule has 1 saturated heterocycles. The molecule has 0 aliphatic carbocycles. The summed E-state index contributed by atoms with van der Waals surface area (Å²) in [5.41, 5.74) is 2.13. The first-order chi connectivity index (χ1) is 17.4. The smallest absolute Gasteiger partial charge is 0.192 e. The molecule has 4 heterocycles. The largest absolute Gasteiger partial charge is 0.368 e. The molecule has 1 fully saturated rings. The van der Waals surface area contributed by atoms with Gasteiger partial charge >= 0.3 is 0 Å². The Labute approximate surface area is 208 Å². The third-order valence-electron chi connectivity index (χ3n) is 6.20. The molecule has 36 heavy (non-hydrogen) atoms. The summed E-state index contributed by atoms with van der Waals surface area (Å²) in [6.07, 6.45) is 10.5. The van der Waals surface area contributed by atoms with Gasteiger partial charge in [0.1, 0.15) is 29.2 Å². The van der Waals surface area contributed by atoms with E-state index >= 15 is 4.39 Å². The van der Waals surface area contributed by atoms with E-state index in [0.29, 0.717) is 22.7 Å². The summed E-state index contributed by atoms with van der Waals surface area (Å²) < 4.78 is 32.5. The molecular formula is C26H28F2N8. The van der Waals surface area contributed by atoms with Crippen molar-refractivity contribution in [2.45, 2.75) is 26.8 Å². The fraction of sp³-hybridized carbons (Fsp3) is 0.308. The standard InChI is InChI=1S/C26H28F2N8/c1-16(2)36-17(3)33-25-20(27)12-18(13-21(25)36)24-23(28)26(32-15-31-24)34-22-7-5-4-6-19(14-30-22)35-10-8-29-9-11-35/h4-7,12-16,29H,8-11H2,1-3H3,(H,30,31,32,34). The van der Waals surface area contributed by atoms with Crippen molar-refractivity contribution >= 4 is 23.1 Å². The zero-order valence-electron chi connectivity index (χ0n) is 20.5. The van der Waals surface area contributed by atoms with Crippen molar-refractivity contribution in [3.8, 4) is 11.3 Å². The van der Waals surface area contributed by atoms with Crippen LogP contribution in [0, 0.1) is 18.6 Å². The summed E-state index contributed by atoms with van der Waals surface area (Å²) in [7, 11) is 0. The monoisotopic (exact) mass is 490 g/mol.